The molecule has 0 aliphatic carbocycles. The number of nitrogens with zero attached hydrogens (tertiary/aromatic N) is 1. The van der Waals surface area contributed by atoms with E-state index in [-0.39, 0.29) is 6.03 Å². The maximum absolute atomic E-state index is 11.4. The number of methoxy groups -OCH3 is 2. The van der Waals surface area contributed by atoms with E-state index in [1.807, 2.05) is 13.0 Å². The molecule has 0 atom stereocenters. The summed E-state index contributed by atoms with van der Waals surface area (Å²) in [4.78, 5) is 12.8. The number of carbonyl (C=O) groups excluding carboxylic acids is 1. The first kappa shape index (κ1) is 14.1. The Labute approximate surface area is 107 Å². The zero-order valence-corrected chi connectivity index (χ0v) is 11.1. The lowest BCUT2D eigenvalue weighted by atomic mass is 10.1. The number of ether oxygens (including phenoxy) is 2. The van der Waals surface area contributed by atoms with Crippen LogP contribution in [0.2, 0.25) is 0 Å². The van der Waals surface area contributed by atoms with Crippen molar-refractivity contribution in [3.8, 4) is 11.5 Å². The normalized spacial score (nSPS) is 9.83. The number of hydrogen-bond donors (Lipinski definition) is 2. The van der Waals surface area contributed by atoms with Gasteiger partial charge in [0.15, 0.2) is 0 Å². The summed E-state index contributed by atoms with van der Waals surface area (Å²) >= 11 is 0. The predicted molar refractivity (Wildman–Crippen MR) is 68.5 cm³/mol. The van der Waals surface area contributed by atoms with Crippen LogP contribution in [0.3, 0.4) is 0 Å². The van der Waals surface area contributed by atoms with E-state index < -0.39 is 0 Å². The van der Waals surface area contributed by atoms with E-state index in [1.54, 1.807) is 27.3 Å². The van der Waals surface area contributed by atoms with Crippen LogP contribution in [-0.4, -0.2) is 32.2 Å². The summed E-state index contributed by atoms with van der Waals surface area (Å²) in [5.41, 5.74) is 4.00. The Morgan fingerprint density at radius 2 is 2.06 bits per heavy atom. The van der Waals surface area contributed by atoms with Crippen molar-refractivity contribution in [2.24, 2.45) is 5.84 Å². The minimum atomic E-state index is -0.354. The Kier molecular flexibility index (Phi) is 4.79. The van der Waals surface area contributed by atoms with Gasteiger partial charge in [-0.2, -0.15) is 0 Å². The van der Waals surface area contributed by atoms with Crippen molar-refractivity contribution in [3.05, 3.63) is 23.3 Å². The van der Waals surface area contributed by atoms with E-state index in [4.69, 9.17) is 15.3 Å². The molecule has 1 aromatic rings. The third-order valence-electron chi connectivity index (χ3n) is 2.73. The molecule has 6 heteroatoms. The molecule has 0 radical (unpaired) electrons. The summed E-state index contributed by atoms with van der Waals surface area (Å²) in [7, 11) is 4.84. The van der Waals surface area contributed by atoms with Gasteiger partial charge < -0.3 is 14.4 Å². The smallest absolute Gasteiger partial charge is 0.331 e. The number of nitrogens with one attached hydrogen (secondary N) is 1. The monoisotopic (exact) mass is 253 g/mol. The molecular formula is C12H19N3O3. The lowest BCUT2D eigenvalue weighted by Gasteiger charge is -2.20. The Balaban J connectivity index is 3.04. The number of rotatable bonds is 4. The van der Waals surface area contributed by atoms with E-state index in [2.05, 4.69) is 5.43 Å². The van der Waals surface area contributed by atoms with Gasteiger partial charge in [-0.05, 0) is 18.6 Å². The van der Waals surface area contributed by atoms with Crippen LogP contribution < -0.4 is 20.7 Å². The number of urea groups is 1. The molecule has 6 nitrogen and oxygen atoms in total. The minimum Gasteiger partial charge on any atom is -0.497 e. The zero-order valence-electron chi connectivity index (χ0n) is 11.1. The molecule has 0 saturated carbocycles. The molecule has 0 heterocycles. The molecule has 0 fully saturated rings. The average Bonchev–Trinajstić information content (AvgIpc) is 2.39. The minimum absolute atomic E-state index is 0.354. The van der Waals surface area contributed by atoms with Crippen molar-refractivity contribution in [2.75, 3.05) is 21.3 Å². The van der Waals surface area contributed by atoms with Crippen LogP contribution in [0.5, 0.6) is 11.5 Å². The van der Waals surface area contributed by atoms with Crippen LogP contribution >= 0.6 is 0 Å². The van der Waals surface area contributed by atoms with Crippen LogP contribution in [0.25, 0.3) is 0 Å². The number of amides is 2. The van der Waals surface area contributed by atoms with Gasteiger partial charge in [0.1, 0.15) is 11.5 Å². The van der Waals surface area contributed by atoms with Crippen LogP contribution in [0, 0.1) is 6.92 Å². The summed E-state index contributed by atoms with van der Waals surface area (Å²) in [6.45, 7) is 2.34. The molecule has 0 aliphatic rings. The van der Waals surface area contributed by atoms with Gasteiger partial charge in [0, 0.05) is 18.7 Å². The number of aryl methyl sites for hydroxylation is 1. The predicted octanol–water partition coefficient (Wildman–Crippen LogP) is 1.03. The van der Waals surface area contributed by atoms with Gasteiger partial charge in [-0.1, -0.05) is 0 Å². The standard InChI is InChI=1S/C12H19N3O3/c1-8-5-9(17-3)6-11(18-4)10(8)7-15(2)12(16)14-13/h5-6H,7,13H2,1-4H3,(H,14,16). The SMILES string of the molecule is COc1cc(C)c(CN(C)C(=O)NN)c(OC)c1. The summed E-state index contributed by atoms with van der Waals surface area (Å²) in [5, 5.41) is 0. The lowest BCUT2D eigenvalue weighted by molar-refractivity contribution is 0.206. The van der Waals surface area contributed by atoms with Crippen LogP contribution in [0.1, 0.15) is 11.1 Å². The van der Waals surface area contributed by atoms with Crippen LogP contribution in [-0.2, 0) is 6.54 Å². The maximum Gasteiger partial charge on any atom is 0.331 e. The Morgan fingerprint density at radius 1 is 1.39 bits per heavy atom. The molecule has 0 bridgehead atoms. The topological polar surface area (TPSA) is 76.8 Å². The number of carbonyl (C=O) groups is 1. The first-order chi connectivity index (χ1) is 8.53. The number of nitrogens with two attached hydrogens (primary N) is 1. The number of hydrazine groups is 1. The van der Waals surface area contributed by atoms with Crippen molar-refractivity contribution in [3.63, 3.8) is 0 Å². The van der Waals surface area contributed by atoms with E-state index in [0.717, 1.165) is 16.9 Å². The molecule has 1 aromatic carbocycles. The first-order valence-corrected chi connectivity index (χ1v) is 5.46. The largest absolute Gasteiger partial charge is 0.497 e. The van der Waals surface area contributed by atoms with Gasteiger partial charge in [-0.25, -0.2) is 10.6 Å². The zero-order chi connectivity index (χ0) is 13.7. The lowest BCUT2D eigenvalue weighted by Crippen LogP contribution is -2.40. The highest BCUT2D eigenvalue weighted by atomic mass is 16.5. The van der Waals surface area contributed by atoms with E-state index in [1.165, 1.54) is 4.90 Å². The van der Waals surface area contributed by atoms with Gasteiger partial charge in [-0.15, -0.1) is 0 Å². The highest BCUT2D eigenvalue weighted by Crippen LogP contribution is 2.29. The van der Waals surface area contributed by atoms with Gasteiger partial charge in [0.25, 0.3) is 0 Å². The third kappa shape index (κ3) is 3.04. The van der Waals surface area contributed by atoms with Gasteiger partial charge in [0.05, 0.1) is 20.8 Å². The van der Waals surface area contributed by atoms with Gasteiger partial charge in [0.2, 0.25) is 0 Å². The Morgan fingerprint density at radius 3 is 2.56 bits per heavy atom. The molecule has 0 aromatic heterocycles. The first-order valence-electron chi connectivity index (χ1n) is 5.46. The summed E-state index contributed by atoms with van der Waals surface area (Å²) < 4.78 is 10.5. The second-order valence-corrected chi connectivity index (χ2v) is 3.93. The van der Waals surface area contributed by atoms with Gasteiger partial charge >= 0.3 is 6.03 Å². The van der Waals surface area contributed by atoms with E-state index in [0.29, 0.717) is 12.3 Å². The number of hydrogen-bond acceptors (Lipinski definition) is 4. The molecule has 0 spiro atoms. The van der Waals surface area contributed by atoms with Crippen molar-refractivity contribution < 1.29 is 14.3 Å². The van der Waals surface area contributed by atoms with Crippen molar-refractivity contribution in [1.82, 2.24) is 10.3 Å². The van der Waals surface area contributed by atoms with E-state index >= 15 is 0 Å². The van der Waals surface area contributed by atoms with Crippen molar-refractivity contribution >= 4 is 6.03 Å². The van der Waals surface area contributed by atoms with Crippen molar-refractivity contribution in [1.29, 1.82) is 0 Å². The molecular weight excluding hydrogens is 234 g/mol. The highest BCUT2D eigenvalue weighted by molar-refractivity contribution is 5.73. The number of benzene rings is 1. The fraction of sp³-hybridized carbons (Fsp3) is 0.417. The highest BCUT2D eigenvalue weighted by Gasteiger charge is 2.14. The molecule has 1 rings (SSSR count). The summed E-state index contributed by atoms with van der Waals surface area (Å²) in [6, 6.07) is 3.33. The van der Waals surface area contributed by atoms with Crippen LogP contribution in [0.4, 0.5) is 4.79 Å². The molecule has 0 unspecified atom stereocenters. The molecule has 2 amide bonds. The third-order valence-corrected chi connectivity index (χ3v) is 2.73. The molecule has 100 valence electrons. The maximum atomic E-state index is 11.4. The fourth-order valence-electron chi connectivity index (χ4n) is 1.67. The second kappa shape index (κ2) is 6.11. The summed E-state index contributed by atoms with van der Waals surface area (Å²) in [6.07, 6.45) is 0. The average molecular weight is 253 g/mol. The fourth-order valence-corrected chi connectivity index (χ4v) is 1.67. The second-order valence-electron chi connectivity index (χ2n) is 3.93. The molecule has 0 aliphatic heterocycles. The van der Waals surface area contributed by atoms with Crippen LogP contribution in [0.15, 0.2) is 12.1 Å². The molecule has 0 saturated heterocycles. The molecule has 3 N–H and O–H groups in total. The Bertz CT molecular complexity index is 435. The van der Waals surface area contributed by atoms with Gasteiger partial charge in [-0.3, -0.25) is 5.43 Å². The Hall–Kier alpha value is -1.95. The summed E-state index contributed by atoms with van der Waals surface area (Å²) in [5.74, 6) is 6.49. The molecule has 18 heavy (non-hydrogen) atoms. The quantitative estimate of drug-likeness (QED) is 0.477. The van der Waals surface area contributed by atoms with Crippen molar-refractivity contribution in [2.45, 2.75) is 13.5 Å². The van der Waals surface area contributed by atoms with E-state index in [9.17, 15) is 4.79 Å².